The first-order valence-corrected chi connectivity index (χ1v) is 10.1. The van der Waals surface area contributed by atoms with Gasteiger partial charge in [-0.15, -0.1) is 0 Å². The van der Waals surface area contributed by atoms with E-state index in [1.165, 1.54) is 12.1 Å². The first kappa shape index (κ1) is 19.7. The highest BCUT2D eigenvalue weighted by molar-refractivity contribution is 5.75. The van der Waals surface area contributed by atoms with Crippen LogP contribution in [0.4, 0.5) is 10.2 Å². The van der Waals surface area contributed by atoms with Gasteiger partial charge >= 0.3 is 0 Å². The Hall–Kier alpha value is -4.25. The highest BCUT2D eigenvalue weighted by atomic mass is 19.1. The van der Waals surface area contributed by atoms with Gasteiger partial charge in [0.15, 0.2) is 17.3 Å². The molecule has 0 fully saturated rings. The summed E-state index contributed by atoms with van der Waals surface area (Å²) in [4.78, 5) is 8.90. The maximum Gasteiger partial charge on any atom is 0.170 e. The molecule has 1 aliphatic rings. The fraction of sp³-hybridized carbons (Fsp3) is 0.167. The van der Waals surface area contributed by atoms with Gasteiger partial charge in [-0.1, -0.05) is 6.07 Å². The normalized spacial score (nSPS) is 14.6. The van der Waals surface area contributed by atoms with Gasteiger partial charge in [0.1, 0.15) is 18.0 Å². The zero-order chi connectivity index (χ0) is 22.4. The maximum absolute atomic E-state index is 14.2. The summed E-state index contributed by atoms with van der Waals surface area (Å²) in [6, 6.07) is 12.4. The van der Waals surface area contributed by atoms with E-state index < -0.39 is 6.10 Å². The third-order valence-corrected chi connectivity index (χ3v) is 5.70. The number of halogens is 1. The largest absolute Gasteiger partial charge is 0.482 e. The Kier molecular flexibility index (Phi) is 4.59. The van der Waals surface area contributed by atoms with Crippen molar-refractivity contribution >= 4 is 5.82 Å². The molecule has 2 N–H and O–H groups in total. The molecule has 0 saturated heterocycles. The second-order valence-corrected chi connectivity index (χ2v) is 7.69. The van der Waals surface area contributed by atoms with E-state index in [2.05, 4.69) is 21.1 Å². The van der Waals surface area contributed by atoms with Crippen LogP contribution < -0.4 is 10.5 Å². The topological polar surface area (TPSA) is 103 Å². The number of fused-ring (bicyclic) bond motifs is 7. The molecule has 2 bridgehead atoms. The summed E-state index contributed by atoms with van der Waals surface area (Å²) in [5.74, 6) is 0.194. The molecule has 0 radical (unpaired) electrons. The Morgan fingerprint density at radius 3 is 2.91 bits per heavy atom. The van der Waals surface area contributed by atoms with Crippen molar-refractivity contribution in [2.45, 2.75) is 19.4 Å². The molecule has 7 nitrogen and oxygen atoms in total. The minimum atomic E-state index is -0.530. The number of nitrogens with zero attached hydrogens (tertiary/aromatic N) is 5. The fourth-order valence-corrected chi connectivity index (χ4v) is 4.17. The van der Waals surface area contributed by atoms with Crippen molar-refractivity contribution in [1.82, 2.24) is 19.7 Å². The molecule has 5 rings (SSSR count). The first-order chi connectivity index (χ1) is 15.5. The zero-order valence-electron chi connectivity index (χ0n) is 17.5. The number of rotatable bonds is 0. The molecule has 0 spiro atoms. The maximum atomic E-state index is 14.2. The molecule has 4 aromatic rings. The van der Waals surface area contributed by atoms with E-state index in [1.807, 2.05) is 19.1 Å². The lowest BCUT2D eigenvalue weighted by Gasteiger charge is -2.22. The second kappa shape index (κ2) is 7.46. The van der Waals surface area contributed by atoms with Gasteiger partial charge in [0.2, 0.25) is 0 Å². The van der Waals surface area contributed by atoms with Gasteiger partial charge in [0.25, 0.3) is 0 Å². The van der Waals surface area contributed by atoms with E-state index in [0.29, 0.717) is 28.9 Å². The number of anilines is 1. The average molecular weight is 426 g/mol. The standard InChI is InChI=1S/C24H19FN6O/c1-13-18-10-16(25)5-6-17(18)23-14(4-3-7-28-23)8-20-22(19(11-26)30-31(20)2)15-9-21(32-13)24(27)29-12-15/h3-7,9-10,12-13H,8H2,1-2H3,(H2,27,29). The van der Waals surface area contributed by atoms with Crippen molar-refractivity contribution < 1.29 is 9.13 Å². The molecular weight excluding hydrogens is 407 g/mol. The summed E-state index contributed by atoms with van der Waals surface area (Å²) in [6.45, 7) is 1.83. The molecule has 1 aromatic carbocycles. The number of nitrogen functional groups attached to an aromatic ring is 1. The number of hydrogen-bond donors (Lipinski definition) is 1. The lowest BCUT2D eigenvalue weighted by atomic mass is 9.93. The predicted molar refractivity (Wildman–Crippen MR) is 117 cm³/mol. The number of aryl methyl sites for hydroxylation is 1. The summed E-state index contributed by atoms with van der Waals surface area (Å²) < 4.78 is 22.1. The van der Waals surface area contributed by atoms with E-state index in [-0.39, 0.29) is 17.3 Å². The minimum absolute atomic E-state index is 0.207. The Balaban J connectivity index is 1.85. The van der Waals surface area contributed by atoms with E-state index in [9.17, 15) is 9.65 Å². The first-order valence-electron chi connectivity index (χ1n) is 10.1. The van der Waals surface area contributed by atoms with Crippen LogP contribution in [-0.2, 0) is 13.5 Å². The molecule has 3 aromatic heterocycles. The number of benzene rings is 1. The van der Waals surface area contributed by atoms with Crippen LogP contribution in [0.1, 0.15) is 35.5 Å². The quantitative estimate of drug-likeness (QED) is 0.452. The molecule has 1 atom stereocenters. The molecule has 4 heterocycles. The highest BCUT2D eigenvalue weighted by Crippen LogP contribution is 2.38. The van der Waals surface area contributed by atoms with Crippen LogP contribution in [0, 0.1) is 17.1 Å². The summed E-state index contributed by atoms with van der Waals surface area (Å²) in [7, 11) is 1.80. The van der Waals surface area contributed by atoms with Crippen LogP contribution in [0.3, 0.4) is 0 Å². The van der Waals surface area contributed by atoms with Gasteiger partial charge in [-0.3, -0.25) is 9.67 Å². The van der Waals surface area contributed by atoms with Crippen molar-refractivity contribution in [2.24, 2.45) is 7.05 Å². The Bertz CT molecular complexity index is 1400. The minimum Gasteiger partial charge on any atom is -0.482 e. The number of hydrogen-bond acceptors (Lipinski definition) is 6. The van der Waals surface area contributed by atoms with Crippen molar-refractivity contribution in [3.63, 3.8) is 0 Å². The molecule has 32 heavy (non-hydrogen) atoms. The molecule has 0 saturated carbocycles. The molecular formula is C24H19FN6O. The third kappa shape index (κ3) is 3.15. The van der Waals surface area contributed by atoms with Crippen LogP contribution in [-0.4, -0.2) is 19.7 Å². The SMILES string of the molecule is CC1Oc2cc(cnc2N)-c2c(C#N)nn(C)c2Cc2cccnc2-c2ccc(F)cc21. The van der Waals surface area contributed by atoms with Crippen molar-refractivity contribution in [2.75, 3.05) is 5.73 Å². The Morgan fingerprint density at radius 2 is 2.09 bits per heavy atom. The van der Waals surface area contributed by atoms with Crippen molar-refractivity contribution in [3.8, 4) is 34.2 Å². The molecule has 1 aliphatic heterocycles. The van der Waals surface area contributed by atoms with E-state index in [1.54, 1.807) is 36.3 Å². The molecule has 1 unspecified atom stereocenters. The summed E-state index contributed by atoms with van der Waals surface area (Å²) in [6.07, 6.45) is 3.25. The smallest absolute Gasteiger partial charge is 0.170 e. The Morgan fingerprint density at radius 1 is 1.25 bits per heavy atom. The monoisotopic (exact) mass is 426 g/mol. The van der Waals surface area contributed by atoms with Gasteiger partial charge in [0, 0.05) is 48.1 Å². The number of nitrogens with two attached hydrogens (primary N) is 1. The molecule has 0 amide bonds. The fourth-order valence-electron chi connectivity index (χ4n) is 4.17. The average Bonchev–Trinajstić information content (AvgIpc) is 3.10. The number of pyridine rings is 2. The zero-order valence-corrected chi connectivity index (χ0v) is 17.5. The van der Waals surface area contributed by atoms with E-state index in [0.717, 1.165) is 22.5 Å². The second-order valence-electron chi connectivity index (χ2n) is 7.69. The molecule has 0 aliphatic carbocycles. The van der Waals surface area contributed by atoms with Gasteiger partial charge in [0.05, 0.1) is 11.4 Å². The van der Waals surface area contributed by atoms with Crippen molar-refractivity contribution in [1.29, 1.82) is 5.26 Å². The molecule has 8 heteroatoms. The highest BCUT2D eigenvalue weighted by Gasteiger charge is 2.25. The number of aromatic nitrogens is 4. The van der Waals surface area contributed by atoms with Crippen LogP contribution in [0.15, 0.2) is 48.8 Å². The van der Waals surface area contributed by atoms with Crippen LogP contribution in [0.25, 0.3) is 22.4 Å². The van der Waals surface area contributed by atoms with Crippen LogP contribution in [0.5, 0.6) is 5.75 Å². The van der Waals surface area contributed by atoms with Crippen LogP contribution in [0.2, 0.25) is 0 Å². The lowest BCUT2D eigenvalue weighted by Crippen LogP contribution is -2.10. The van der Waals surface area contributed by atoms with Gasteiger partial charge in [-0.05, 0) is 42.8 Å². The van der Waals surface area contributed by atoms with Gasteiger partial charge < -0.3 is 10.5 Å². The van der Waals surface area contributed by atoms with Crippen molar-refractivity contribution in [3.05, 3.63) is 77.1 Å². The summed E-state index contributed by atoms with van der Waals surface area (Å²) >= 11 is 0. The third-order valence-electron chi connectivity index (χ3n) is 5.70. The predicted octanol–water partition coefficient (Wildman–Crippen LogP) is 4.18. The van der Waals surface area contributed by atoms with Gasteiger partial charge in [-0.2, -0.15) is 10.4 Å². The van der Waals surface area contributed by atoms with Crippen LogP contribution >= 0.6 is 0 Å². The number of ether oxygens (including phenoxy) is 1. The lowest BCUT2D eigenvalue weighted by molar-refractivity contribution is 0.227. The summed E-state index contributed by atoms with van der Waals surface area (Å²) in [5, 5.41) is 14.1. The Labute approximate surface area is 183 Å². The number of nitriles is 1. The molecule has 158 valence electrons. The van der Waals surface area contributed by atoms with E-state index in [4.69, 9.17) is 10.5 Å². The van der Waals surface area contributed by atoms with E-state index >= 15 is 0 Å². The van der Waals surface area contributed by atoms with Gasteiger partial charge in [-0.25, -0.2) is 9.37 Å². The summed E-state index contributed by atoms with van der Waals surface area (Å²) in [5.41, 5.74) is 11.6.